The van der Waals surface area contributed by atoms with E-state index in [1.165, 1.54) is 0 Å². The minimum Gasteiger partial charge on any atom is -0.369 e. The Morgan fingerprint density at radius 1 is 0.862 bits per heavy atom. The Balaban J connectivity index is 1.70. The maximum Gasteiger partial charge on any atom is 0.227 e. The number of hydrogen-bond donors (Lipinski definition) is 2. The van der Waals surface area contributed by atoms with E-state index in [1.54, 1.807) is 0 Å². The van der Waals surface area contributed by atoms with Gasteiger partial charge in [0, 0.05) is 36.2 Å². The molecule has 1 aliphatic rings. The van der Waals surface area contributed by atoms with Gasteiger partial charge in [0.1, 0.15) is 0 Å². The van der Waals surface area contributed by atoms with Crippen molar-refractivity contribution in [2.24, 2.45) is 17.6 Å². The second-order valence-electron chi connectivity index (χ2n) is 7.35. The molecule has 0 radical (unpaired) electrons. The second kappa shape index (κ2) is 10.1. The third kappa shape index (κ3) is 5.95. The summed E-state index contributed by atoms with van der Waals surface area (Å²) < 4.78 is 0. The molecule has 0 spiro atoms. The average Bonchev–Trinajstić information content (AvgIpc) is 3.20. The zero-order valence-corrected chi connectivity index (χ0v) is 17.6. The van der Waals surface area contributed by atoms with Gasteiger partial charge in [0.15, 0.2) is 0 Å². The van der Waals surface area contributed by atoms with Crippen LogP contribution in [-0.4, -0.2) is 42.9 Å². The summed E-state index contributed by atoms with van der Waals surface area (Å²) in [7, 11) is 0. The number of rotatable bonds is 8. The molecule has 5 nitrogen and oxygen atoms in total. The molecule has 1 fully saturated rings. The minimum atomic E-state index is -0.462. The van der Waals surface area contributed by atoms with E-state index in [2.05, 4.69) is 5.32 Å². The number of carbonyl (C=O) groups excluding carboxylic acids is 2. The lowest BCUT2D eigenvalue weighted by molar-refractivity contribution is -0.139. The molecule has 1 aliphatic heterocycles. The van der Waals surface area contributed by atoms with Crippen molar-refractivity contribution in [2.45, 2.75) is 12.8 Å². The summed E-state index contributed by atoms with van der Waals surface area (Å²) in [5.74, 6) is -1.33. The Morgan fingerprint density at radius 3 is 1.76 bits per heavy atom. The Labute approximate surface area is 181 Å². The van der Waals surface area contributed by atoms with Gasteiger partial charge in [-0.05, 0) is 48.2 Å². The summed E-state index contributed by atoms with van der Waals surface area (Å²) in [5, 5.41) is 4.49. The van der Waals surface area contributed by atoms with Crippen LogP contribution in [0.3, 0.4) is 0 Å². The Hall–Kier alpha value is -2.08. The molecule has 29 heavy (non-hydrogen) atoms. The van der Waals surface area contributed by atoms with Crippen LogP contribution in [0, 0.1) is 11.8 Å². The van der Waals surface area contributed by atoms with E-state index in [9.17, 15) is 9.59 Å². The van der Waals surface area contributed by atoms with Crippen LogP contribution in [0.25, 0.3) is 0 Å². The zero-order valence-electron chi connectivity index (χ0n) is 16.1. The Morgan fingerprint density at radius 2 is 1.31 bits per heavy atom. The van der Waals surface area contributed by atoms with E-state index in [-0.39, 0.29) is 5.91 Å². The third-order valence-electron chi connectivity index (χ3n) is 5.38. The van der Waals surface area contributed by atoms with Crippen LogP contribution in [0.2, 0.25) is 10.0 Å². The highest BCUT2D eigenvalue weighted by atomic mass is 35.5. The van der Waals surface area contributed by atoms with Gasteiger partial charge in [-0.1, -0.05) is 47.5 Å². The van der Waals surface area contributed by atoms with Crippen molar-refractivity contribution in [3.05, 3.63) is 69.7 Å². The minimum absolute atomic E-state index is 0.0262. The molecular formula is C22H25Cl2N3O2. The fourth-order valence-corrected chi connectivity index (χ4v) is 3.89. The number of nitrogens with zero attached hydrogens (tertiary/aromatic N) is 1. The Bertz CT molecular complexity index is 791. The standard InChI is InChI=1S/C22H25Cl2N3O2/c23-17-5-1-15(2-6-17)9-11-27(12-10-16-3-7-18(24)8-4-16)22(29)20-14-26-13-19(20)21(25)28/h1-8,19-20,26H,9-14H2,(H2,25,28). The van der Waals surface area contributed by atoms with Crippen LogP contribution < -0.4 is 11.1 Å². The lowest BCUT2D eigenvalue weighted by Gasteiger charge is -2.27. The van der Waals surface area contributed by atoms with Gasteiger partial charge in [-0.15, -0.1) is 0 Å². The summed E-state index contributed by atoms with van der Waals surface area (Å²) in [5.41, 5.74) is 7.72. The number of primary amides is 1. The molecule has 2 aromatic rings. The molecule has 0 saturated carbocycles. The van der Waals surface area contributed by atoms with Crippen molar-refractivity contribution in [3.8, 4) is 0 Å². The van der Waals surface area contributed by atoms with Crippen molar-refractivity contribution in [2.75, 3.05) is 26.2 Å². The highest BCUT2D eigenvalue weighted by Crippen LogP contribution is 2.20. The lowest BCUT2D eigenvalue weighted by Crippen LogP contribution is -2.44. The smallest absolute Gasteiger partial charge is 0.227 e. The molecule has 3 N–H and O–H groups in total. The average molecular weight is 434 g/mol. The molecule has 0 bridgehead atoms. The molecule has 2 unspecified atom stereocenters. The van der Waals surface area contributed by atoms with Gasteiger partial charge in [-0.25, -0.2) is 0 Å². The molecule has 1 saturated heterocycles. The van der Waals surface area contributed by atoms with Gasteiger partial charge in [-0.2, -0.15) is 0 Å². The van der Waals surface area contributed by atoms with Crippen LogP contribution in [0.4, 0.5) is 0 Å². The van der Waals surface area contributed by atoms with Gasteiger partial charge in [0.05, 0.1) is 11.8 Å². The molecule has 0 aliphatic carbocycles. The van der Waals surface area contributed by atoms with Gasteiger partial charge >= 0.3 is 0 Å². The summed E-state index contributed by atoms with van der Waals surface area (Å²) in [6.45, 7) is 2.06. The quantitative estimate of drug-likeness (QED) is 0.671. The maximum absolute atomic E-state index is 13.2. The van der Waals surface area contributed by atoms with Crippen molar-refractivity contribution >= 4 is 35.0 Å². The molecule has 1 heterocycles. The van der Waals surface area contributed by atoms with E-state index in [1.807, 2.05) is 53.4 Å². The first-order valence-electron chi connectivity index (χ1n) is 9.72. The highest BCUT2D eigenvalue weighted by Gasteiger charge is 2.38. The third-order valence-corrected chi connectivity index (χ3v) is 5.88. The van der Waals surface area contributed by atoms with Crippen LogP contribution in [0.5, 0.6) is 0 Å². The summed E-state index contributed by atoms with van der Waals surface area (Å²) in [6.07, 6.45) is 1.43. The second-order valence-corrected chi connectivity index (χ2v) is 8.22. The number of nitrogens with one attached hydrogen (secondary N) is 1. The van der Waals surface area contributed by atoms with Crippen LogP contribution in [0.15, 0.2) is 48.5 Å². The summed E-state index contributed by atoms with van der Waals surface area (Å²) >= 11 is 11.9. The number of benzene rings is 2. The number of hydrogen-bond acceptors (Lipinski definition) is 3. The zero-order chi connectivity index (χ0) is 20.8. The van der Waals surface area contributed by atoms with Crippen LogP contribution >= 0.6 is 23.2 Å². The fourth-order valence-electron chi connectivity index (χ4n) is 3.63. The SMILES string of the molecule is NC(=O)C1CNCC1C(=O)N(CCc1ccc(Cl)cc1)CCc1ccc(Cl)cc1. The largest absolute Gasteiger partial charge is 0.369 e. The molecule has 0 aromatic heterocycles. The van der Waals surface area contributed by atoms with Crippen LogP contribution in [-0.2, 0) is 22.4 Å². The molecule has 154 valence electrons. The first-order chi connectivity index (χ1) is 13.9. The maximum atomic E-state index is 13.2. The van der Waals surface area contributed by atoms with E-state index >= 15 is 0 Å². The van der Waals surface area contributed by atoms with Crippen molar-refractivity contribution < 1.29 is 9.59 Å². The van der Waals surface area contributed by atoms with Gasteiger partial charge in [-0.3, -0.25) is 9.59 Å². The van der Waals surface area contributed by atoms with E-state index < -0.39 is 17.7 Å². The Kier molecular flexibility index (Phi) is 7.53. The number of nitrogens with two attached hydrogens (primary N) is 1. The van der Waals surface area contributed by atoms with E-state index in [4.69, 9.17) is 28.9 Å². The predicted octanol–water partition coefficient (Wildman–Crippen LogP) is 2.93. The highest BCUT2D eigenvalue weighted by molar-refractivity contribution is 6.30. The topological polar surface area (TPSA) is 75.4 Å². The number of halogens is 2. The number of carbonyl (C=O) groups is 2. The number of amides is 2. The normalized spacial score (nSPS) is 18.6. The van der Waals surface area contributed by atoms with Crippen LogP contribution in [0.1, 0.15) is 11.1 Å². The van der Waals surface area contributed by atoms with Gasteiger partial charge < -0.3 is 16.0 Å². The predicted molar refractivity (Wildman–Crippen MR) is 116 cm³/mol. The van der Waals surface area contributed by atoms with E-state index in [0.717, 1.165) is 11.1 Å². The first-order valence-corrected chi connectivity index (χ1v) is 10.5. The summed E-state index contributed by atoms with van der Waals surface area (Å²) in [4.78, 5) is 26.8. The van der Waals surface area contributed by atoms with Gasteiger partial charge in [0.2, 0.25) is 11.8 Å². The molecule has 3 rings (SSSR count). The molecule has 7 heteroatoms. The molecule has 2 aromatic carbocycles. The van der Waals surface area contributed by atoms with E-state index in [0.29, 0.717) is 49.1 Å². The first kappa shape index (κ1) is 21.6. The molecule has 2 atom stereocenters. The molecular weight excluding hydrogens is 409 g/mol. The molecule has 2 amide bonds. The van der Waals surface area contributed by atoms with Crippen molar-refractivity contribution in [3.63, 3.8) is 0 Å². The fraction of sp³-hybridized carbons (Fsp3) is 0.364. The van der Waals surface area contributed by atoms with Gasteiger partial charge in [0.25, 0.3) is 0 Å². The lowest BCUT2D eigenvalue weighted by atomic mass is 9.93. The van der Waals surface area contributed by atoms with Crippen molar-refractivity contribution in [1.82, 2.24) is 10.2 Å². The monoisotopic (exact) mass is 433 g/mol. The summed E-state index contributed by atoms with van der Waals surface area (Å²) in [6, 6.07) is 15.3. The van der Waals surface area contributed by atoms with Crippen molar-refractivity contribution in [1.29, 1.82) is 0 Å².